The van der Waals surface area contributed by atoms with Crippen LogP contribution in [-0.2, 0) is 4.79 Å². The van der Waals surface area contributed by atoms with Crippen LogP contribution in [0.5, 0.6) is 0 Å². The first kappa shape index (κ1) is 11.8. The maximum Gasteiger partial charge on any atom is 0.223 e. The molecule has 84 valence electrons. The first-order valence-electron chi connectivity index (χ1n) is 5.44. The highest BCUT2D eigenvalue weighted by molar-refractivity contribution is 5.78. The lowest BCUT2D eigenvalue weighted by molar-refractivity contribution is -0.125. The number of carbonyl (C=O) groups is 1. The van der Waals surface area contributed by atoms with E-state index in [1.54, 1.807) is 12.4 Å². The summed E-state index contributed by atoms with van der Waals surface area (Å²) in [5.74, 6) is 0.972. The molecule has 0 saturated carbocycles. The Morgan fingerprint density at radius 2 is 2.33 bits per heavy atom. The summed E-state index contributed by atoms with van der Waals surface area (Å²) in [4.78, 5) is 18.8. The number of amides is 1. The Bertz CT molecular complexity index is 295. The number of aromatic amines is 1. The van der Waals surface area contributed by atoms with Crippen LogP contribution in [0.3, 0.4) is 0 Å². The van der Waals surface area contributed by atoms with Crippen LogP contribution < -0.4 is 5.32 Å². The summed E-state index contributed by atoms with van der Waals surface area (Å²) < 4.78 is 0. The summed E-state index contributed by atoms with van der Waals surface area (Å²) >= 11 is 0. The molecule has 0 fully saturated rings. The minimum Gasteiger partial charge on any atom is -0.347 e. The van der Waals surface area contributed by atoms with Crippen LogP contribution >= 0.6 is 0 Å². The number of aromatic nitrogens is 2. The van der Waals surface area contributed by atoms with Crippen molar-refractivity contribution in [3.8, 4) is 0 Å². The van der Waals surface area contributed by atoms with Gasteiger partial charge in [0.25, 0.3) is 0 Å². The summed E-state index contributed by atoms with van der Waals surface area (Å²) in [5.41, 5.74) is 0. The van der Waals surface area contributed by atoms with Gasteiger partial charge < -0.3 is 10.3 Å². The lowest BCUT2D eigenvalue weighted by Gasteiger charge is -2.15. The van der Waals surface area contributed by atoms with Gasteiger partial charge in [0.1, 0.15) is 5.82 Å². The lowest BCUT2D eigenvalue weighted by atomic mass is 10.1. The van der Waals surface area contributed by atoms with E-state index < -0.39 is 0 Å². The van der Waals surface area contributed by atoms with Gasteiger partial charge in [0.15, 0.2) is 0 Å². The van der Waals surface area contributed by atoms with Crippen LogP contribution in [-0.4, -0.2) is 15.9 Å². The zero-order chi connectivity index (χ0) is 11.3. The van der Waals surface area contributed by atoms with E-state index in [4.69, 9.17) is 0 Å². The van der Waals surface area contributed by atoms with E-state index in [9.17, 15) is 4.79 Å². The molecule has 0 radical (unpaired) electrons. The van der Waals surface area contributed by atoms with Crippen LogP contribution in [0.4, 0.5) is 0 Å². The number of imidazole rings is 1. The van der Waals surface area contributed by atoms with Crippen molar-refractivity contribution >= 4 is 5.91 Å². The van der Waals surface area contributed by atoms with Crippen molar-refractivity contribution in [3.05, 3.63) is 18.2 Å². The minimum atomic E-state index is -0.0493. The SMILES string of the molecule is CCCC(C)C(=O)NC(C)c1ncc[nH]1. The summed E-state index contributed by atoms with van der Waals surface area (Å²) in [6.45, 7) is 5.96. The van der Waals surface area contributed by atoms with Crippen molar-refractivity contribution in [2.45, 2.75) is 39.7 Å². The minimum absolute atomic E-state index is 0.0493. The number of carbonyl (C=O) groups excluding carboxylic acids is 1. The molecule has 1 rings (SSSR count). The highest BCUT2D eigenvalue weighted by Crippen LogP contribution is 2.10. The molecular weight excluding hydrogens is 190 g/mol. The summed E-state index contributed by atoms with van der Waals surface area (Å²) in [5, 5.41) is 2.93. The van der Waals surface area contributed by atoms with E-state index in [-0.39, 0.29) is 17.9 Å². The molecule has 0 aromatic carbocycles. The molecule has 4 nitrogen and oxygen atoms in total. The van der Waals surface area contributed by atoms with Gasteiger partial charge in [0.2, 0.25) is 5.91 Å². The Labute approximate surface area is 90.5 Å². The lowest BCUT2D eigenvalue weighted by Crippen LogP contribution is -2.32. The monoisotopic (exact) mass is 209 g/mol. The summed E-state index contributed by atoms with van der Waals surface area (Å²) in [6.07, 6.45) is 5.40. The van der Waals surface area contributed by atoms with Gasteiger partial charge >= 0.3 is 0 Å². The predicted octanol–water partition coefficient (Wildman–Crippen LogP) is 2.02. The molecule has 1 aromatic heterocycles. The fraction of sp³-hybridized carbons (Fsp3) is 0.636. The third-order valence-corrected chi connectivity index (χ3v) is 2.46. The number of hydrogen-bond acceptors (Lipinski definition) is 2. The molecular formula is C11H19N3O. The van der Waals surface area contributed by atoms with Gasteiger partial charge in [-0.1, -0.05) is 20.3 Å². The molecule has 2 N–H and O–H groups in total. The molecule has 0 spiro atoms. The first-order chi connectivity index (χ1) is 7.15. The molecule has 2 atom stereocenters. The fourth-order valence-electron chi connectivity index (χ4n) is 1.50. The van der Waals surface area contributed by atoms with Crippen molar-refractivity contribution < 1.29 is 4.79 Å². The second-order valence-electron chi connectivity index (χ2n) is 3.89. The van der Waals surface area contributed by atoms with Gasteiger partial charge in [-0.2, -0.15) is 0 Å². The highest BCUT2D eigenvalue weighted by Gasteiger charge is 2.16. The smallest absolute Gasteiger partial charge is 0.223 e. The first-order valence-corrected chi connectivity index (χ1v) is 5.44. The van der Waals surface area contributed by atoms with E-state index >= 15 is 0 Å². The zero-order valence-corrected chi connectivity index (χ0v) is 9.58. The summed E-state index contributed by atoms with van der Waals surface area (Å²) in [7, 11) is 0. The van der Waals surface area contributed by atoms with Crippen molar-refractivity contribution in [1.29, 1.82) is 0 Å². The second-order valence-corrected chi connectivity index (χ2v) is 3.89. The van der Waals surface area contributed by atoms with Crippen molar-refractivity contribution in [3.63, 3.8) is 0 Å². The largest absolute Gasteiger partial charge is 0.347 e. The molecule has 2 unspecified atom stereocenters. The molecule has 1 aromatic rings. The van der Waals surface area contributed by atoms with E-state index in [0.717, 1.165) is 18.7 Å². The van der Waals surface area contributed by atoms with Crippen molar-refractivity contribution in [1.82, 2.24) is 15.3 Å². The van der Waals surface area contributed by atoms with Gasteiger partial charge in [-0.25, -0.2) is 4.98 Å². The third kappa shape index (κ3) is 3.38. The normalized spacial score (nSPS) is 14.6. The number of H-pyrrole nitrogens is 1. The highest BCUT2D eigenvalue weighted by atomic mass is 16.1. The topological polar surface area (TPSA) is 57.8 Å². The number of rotatable bonds is 5. The van der Waals surface area contributed by atoms with Crippen molar-refractivity contribution in [2.75, 3.05) is 0 Å². The van der Waals surface area contributed by atoms with Gasteiger partial charge in [-0.3, -0.25) is 4.79 Å². The number of nitrogens with zero attached hydrogens (tertiary/aromatic N) is 1. The van der Waals surface area contributed by atoms with Crippen LogP contribution in [0.1, 0.15) is 45.5 Å². The molecule has 0 aliphatic heterocycles. The third-order valence-electron chi connectivity index (χ3n) is 2.46. The molecule has 15 heavy (non-hydrogen) atoms. The predicted molar refractivity (Wildman–Crippen MR) is 59.2 cm³/mol. The van der Waals surface area contributed by atoms with Crippen LogP contribution in [0, 0.1) is 5.92 Å². The number of nitrogens with one attached hydrogen (secondary N) is 2. The molecule has 1 heterocycles. The Kier molecular flexibility index (Phi) is 4.34. The quantitative estimate of drug-likeness (QED) is 0.779. The second kappa shape index (κ2) is 5.53. The molecule has 0 aliphatic carbocycles. The van der Waals surface area contributed by atoms with Crippen LogP contribution in [0.25, 0.3) is 0 Å². The average Bonchev–Trinajstić information content (AvgIpc) is 2.70. The molecule has 4 heteroatoms. The van der Waals surface area contributed by atoms with E-state index in [1.165, 1.54) is 0 Å². The van der Waals surface area contributed by atoms with E-state index in [1.807, 2.05) is 13.8 Å². The Morgan fingerprint density at radius 1 is 1.60 bits per heavy atom. The maximum atomic E-state index is 11.7. The molecule has 0 bridgehead atoms. The zero-order valence-electron chi connectivity index (χ0n) is 9.58. The van der Waals surface area contributed by atoms with Crippen LogP contribution in [0.2, 0.25) is 0 Å². The molecule has 0 saturated heterocycles. The Morgan fingerprint density at radius 3 is 2.87 bits per heavy atom. The molecule has 1 amide bonds. The van der Waals surface area contributed by atoms with Crippen molar-refractivity contribution in [2.24, 2.45) is 5.92 Å². The molecule has 0 aliphatic rings. The fourth-order valence-corrected chi connectivity index (χ4v) is 1.50. The maximum absolute atomic E-state index is 11.7. The standard InChI is InChI=1S/C11H19N3O/c1-4-5-8(2)11(15)14-9(3)10-12-6-7-13-10/h6-9H,4-5H2,1-3H3,(H,12,13)(H,14,15). The Hall–Kier alpha value is -1.32. The van der Waals surface area contributed by atoms with E-state index in [0.29, 0.717) is 0 Å². The van der Waals surface area contributed by atoms with Gasteiger partial charge in [-0.15, -0.1) is 0 Å². The van der Waals surface area contributed by atoms with Crippen LogP contribution in [0.15, 0.2) is 12.4 Å². The van der Waals surface area contributed by atoms with E-state index in [2.05, 4.69) is 22.2 Å². The van der Waals surface area contributed by atoms with Gasteiger partial charge in [-0.05, 0) is 13.3 Å². The number of hydrogen-bond donors (Lipinski definition) is 2. The Balaban J connectivity index is 2.44. The summed E-state index contributed by atoms with van der Waals surface area (Å²) in [6, 6.07) is -0.0493. The van der Waals surface area contributed by atoms with Gasteiger partial charge in [0, 0.05) is 18.3 Å². The van der Waals surface area contributed by atoms with Gasteiger partial charge in [0.05, 0.1) is 6.04 Å². The average molecular weight is 209 g/mol.